The van der Waals surface area contributed by atoms with Gasteiger partial charge in [0.15, 0.2) is 0 Å². The number of benzene rings is 3. The lowest BCUT2D eigenvalue weighted by atomic mass is 10.1. The molecular weight excluding hydrogens is 525 g/mol. The molecule has 1 atom stereocenters. The van der Waals surface area contributed by atoms with Crippen LogP contribution in [0.3, 0.4) is 0 Å². The van der Waals surface area contributed by atoms with Crippen molar-refractivity contribution in [2.24, 2.45) is 5.73 Å². The highest BCUT2D eigenvalue weighted by molar-refractivity contribution is 5.96. The molecule has 0 saturated heterocycles. The summed E-state index contributed by atoms with van der Waals surface area (Å²) in [5.41, 5.74) is 10.3. The van der Waals surface area contributed by atoms with Gasteiger partial charge in [0, 0.05) is 43.1 Å². The van der Waals surface area contributed by atoms with Gasteiger partial charge in [-0.2, -0.15) is 0 Å². The van der Waals surface area contributed by atoms with Crippen LogP contribution in [0.15, 0.2) is 72.8 Å². The number of nitrogen functional groups attached to an aromatic ring is 1. The number of hydrogen-bond donors (Lipinski definition) is 5. The van der Waals surface area contributed by atoms with Crippen LogP contribution >= 0.6 is 24.8 Å². The minimum Gasteiger partial charge on any atom is -0.396 e. The van der Waals surface area contributed by atoms with Crippen LogP contribution in [-0.4, -0.2) is 46.8 Å². The van der Waals surface area contributed by atoms with Gasteiger partial charge in [0.25, 0.3) is 5.91 Å². The van der Waals surface area contributed by atoms with Gasteiger partial charge in [0.1, 0.15) is 11.9 Å². The van der Waals surface area contributed by atoms with Crippen LogP contribution in [0.4, 0.5) is 5.69 Å². The van der Waals surface area contributed by atoms with E-state index in [4.69, 9.17) is 11.1 Å². The molecule has 1 aliphatic heterocycles. The number of anilines is 1. The van der Waals surface area contributed by atoms with Crippen molar-refractivity contribution < 1.29 is 14.7 Å². The number of amidine groups is 1. The Labute approximate surface area is 234 Å². The molecular formula is C28H33Cl2N5O3. The first-order valence-electron chi connectivity index (χ1n) is 12.0. The first-order valence-corrected chi connectivity index (χ1v) is 12.0. The maximum atomic E-state index is 13.2. The van der Waals surface area contributed by atoms with E-state index in [0.717, 1.165) is 28.8 Å². The average molecular weight is 559 g/mol. The number of hydrogen-bond acceptors (Lipinski definition) is 5. The van der Waals surface area contributed by atoms with Gasteiger partial charge in [-0.05, 0) is 41.7 Å². The summed E-state index contributed by atoms with van der Waals surface area (Å²) in [5.74, 6) is -0.290. The van der Waals surface area contributed by atoms with Gasteiger partial charge in [0.2, 0.25) is 5.91 Å². The smallest absolute Gasteiger partial charge is 0.251 e. The number of halogens is 2. The zero-order valence-electron chi connectivity index (χ0n) is 20.9. The fraction of sp³-hybridized carbons (Fsp3) is 0.250. The number of nitrogens with two attached hydrogens (primary N) is 1. The van der Waals surface area contributed by atoms with E-state index in [1.807, 2.05) is 53.4 Å². The first-order chi connectivity index (χ1) is 17.4. The van der Waals surface area contributed by atoms with Crippen LogP contribution in [0, 0.1) is 5.41 Å². The molecule has 4 rings (SSSR count). The highest BCUT2D eigenvalue weighted by Gasteiger charge is 2.29. The number of nitrogens with one attached hydrogen (secondary N) is 3. The lowest BCUT2D eigenvalue weighted by molar-refractivity contribution is -0.132. The normalized spacial score (nSPS) is 14.2. The van der Waals surface area contributed by atoms with Gasteiger partial charge in [-0.3, -0.25) is 15.0 Å². The lowest BCUT2D eigenvalue weighted by Crippen LogP contribution is -2.41. The maximum absolute atomic E-state index is 13.2. The lowest BCUT2D eigenvalue weighted by Gasteiger charge is -2.24. The molecule has 0 aliphatic carbocycles. The SMILES string of the molecule is Cl.Cl.N=C(N)c1ccc(CNC(=O)c2ccc3c(c2)N[C@H](CCO)C(=O)N(CCc2ccccc2)C3)cc1. The molecule has 8 nitrogen and oxygen atoms in total. The van der Waals surface area contributed by atoms with Crippen molar-refractivity contribution >= 4 is 48.2 Å². The van der Waals surface area contributed by atoms with Crippen molar-refractivity contribution in [2.75, 3.05) is 18.5 Å². The van der Waals surface area contributed by atoms with E-state index in [1.54, 1.807) is 24.3 Å². The Hall–Kier alpha value is -3.59. The van der Waals surface area contributed by atoms with Crippen LogP contribution in [0.2, 0.25) is 0 Å². The molecule has 0 unspecified atom stereocenters. The van der Waals surface area contributed by atoms with Crippen LogP contribution < -0.4 is 16.4 Å². The monoisotopic (exact) mass is 557 g/mol. The van der Waals surface area contributed by atoms with Crippen LogP contribution in [0.5, 0.6) is 0 Å². The van der Waals surface area contributed by atoms with E-state index < -0.39 is 6.04 Å². The van der Waals surface area contributed by atoms with Crippen LogP contribution in [0.25, 0.3) is 0 Å². The van der Waals surface area contributed by atoms with Crippen molar-refractivity contribution in [3.8, 4) is 0 Å². The van der Waals surface area contributed by atoms with Crippen molar-refractivity contribution in [2.45, 2.75) is 32.0 Å². The number of fused-ring (bicyclic) bond motifs is 1. The molecule has 0 bridgehead atoms. The van der Waals surface area contributed by atoms with Gasteiger partial charge < -0.3 is 26.4 Å². The predicted octanol–water partition coefficient (Wildman–Crippen LogP) is 3.49. The summed E-state index contributed by atoms with van der Waals surface area (Å²) in [6.07, 6.45) is 1.02. The van der Waals surface area contributed by atoms with Gasteiger partial charge in [-0.1, -0.05) is 60.7 Å². The minimum atomic E-state index is -0.565. The molecule has 0 fully saturated rings. The third-order valence-corrected chi connectivity index (χ3v) is 6.32. The Morgan fingerprint density at radius 3 is 2.37 bits per heavy atom. The second-order valence-electron chi connectivity index (χ2n) is 8.87. The largest absolute Gasteiger partial charge is 0.396 e. The molecule has 3 aromatic rings. The first kappa shape index (κ1) is 30.6. The topological polar surface area (TPSA) is 132 Å². The molecule has 1 aliphatic rings. The van der Waals surface area contributed by atoms with Gasteiger partial charge >= 0.3 is 0 Å². The van der Waals surface area contributed by atoms with Crippen LogP contribution in [-0.2, 0) is 24.3 Å². The van der Waals surface area contributed by atoms with E-state index >= 15 is 0 Å². The molecule has 0 aromatic heterocycles. The van der Waals surface area contributed by atoms with Crippen LogP contribution in [0.1, 0.15) is 39.0 Å². The fourth-order valence-corrected chi connectivity index (χ4v) is 4.25. The maximum Gasteiger partial charge on any atom is 0.251 e. The minimum absolute atomic E-state index is 0. The average Bonchev–Trinajstić information content (AvgIpc) is 3.02. The number of rotatable bonds is 9. The third-order valence-electron chi connectivity index (χ3n) is 6.32. The zero-order valence-corrected chi connectivity index (χ0v) is 22.5. The van der Waals surface area contributed by atoms with Gasteiger partial charge in [-0.15, -0.1) is 24.8 Å². The number of carbonyl (C=O) groups excluding carboxylic acids is 2. The molecule has 38 heavy (non-hydrogen) atoms. The van der Waals surface area contributed by atoms with Gasteiger partial charge in [-0.25, -0.2) is 0 Å². The highest BCUT2D eigenvalue weighted by Crippen LogP contribution is 2.26. The standard InChI is InChI=1S/C28H31N5O3.2ClH/c29-26(30)21-8-6-20(7-9-21)17-31-27(35)22-10-11-23-18-33(14-12-19-4-2-1-3-5-19)28(36)24(13-15-34)32-25(23)16-22;;/h1-11,16,24,32,34H,12-15,17-18H2,(H3,29,30)(H,31,35);2*1H/t24-;;/m1../s1. The molecule has 10 heteroatoms. The highest BCUT2D eigenvalue weighted by atomic mass is 35.5. The second-order valence-corrected chi connectivity index (χ2v) is 8.87. The molecule has 0 radical (unpaired) electrons. The Morgan fingerprint density at radius 2 is 1.71 bits per heavy atom. The molecule has 6 N–H and O–H groups in total. The molecule has 0 saturated carbocycles. The second kappa shape index (κ2) is 14.4. The quantitative estimate of drug-likeness (QED) is 0.203. The summed E-state index contributed by atoms with van der Waals surface area (Å²) in [7, 11) is 0. The number of nitrogens with zero attached hydrogens (tertiary/aromatic N) is 1. The number of aliphatic hydroxyl groups is 1. The van der Waals surface area contributed by atoms with Crippen molar-refractivity contribution in [1.82, 2.24) is 10.2 Å². The van der Waals surface area contributed by atoms with Crippen molar-refractivity contribution in [3.05, 3.63) is 101 Å². The Bertz CT molecular complexity index is 1240. The number of carbonyl (C=O) groups is 2. The van der Waals surface area contributed by atoms with E-state index in [1.165, 1.54) is 0 Å². The predicted molar refractivity (Wildman–Crippen MR) is 154 cm³/mol. The van der Waals surface area contributed by atoms with E-state index in [9.17, 15) is 14.7 Å². The molecule has 1 heterocycles. The van der Waals surface area contributed by atoms with E-state index in [2.05, 4.69) is 10.6 Å². The summed E-state index contributed by atoms with van der Waals surface area (Å²) in [6, 6.07) is 22.0. The summed E-state index contributed by atoms with van der Waals surface area (Å²) in [6.45, 7) is 1.21. The Balaban J connectivity index is 0.00000253. The van der Waals surface area contributed by atoms with E-state index in [0.29, 0.717) is 30.8 Å². The summed E-state index contributed by atoms with van der Waals surface area (Å²) in [5, 5.41) is 23.2. The number of amides is 2. The molecule has 3 aromatic carbocycles. The van der Waals surface area contributed by atoms with Crippen molar-refractivity contribution in [1.29, 1.82) is 5.41 Å². The summed E-state index contributed by atoms with van der Waals surface area (Å²) >= 11 is 0. The van der Waals surface area contributed by atoms with E-state index in [-0.39, 0.29) is 55.5 Å². The summed E-state index contributed by atoms with van der Waals surface area (Å²) in [4.78, 5) is 27.9. The molecule has 2 amide bonds. The Morgan fingerprint density at radius 1 is 1.03 bits per heavy atom. The molecule has 202 valence electrons. The van der Waals surface area contributed by atoms with Crippen molar-refractivity contribution in [3.63, 3.8) is 0 Å². The zero-order chi connectivity index (χ0) is 25.5. The Kier molecular flexibility index (Phi) is 11.6. The third kappa shape index (κ3) is 7.71. The number of aliphatic hydroxyl groups excluding tert-OH is 1. The fourth-order valence-electron chi connectivity index (χ4n) is 4.25. The van der Waals surface area contributed by atoms with Gasteiger partial charge in [0.05, 0.1) is 0 Å². The molecule has 0 spiro atoms. The summed E-state index contributed by atoms with van der Waals surface area (Å²) < 4.78 is 0.